The zero-order chi connectivity index (χ0) is 15.0. The molecule has 1 fully saturated rings. The monoisotopic (exact) mass is 287 g/mol. The van der Waals surface area contributed by atoms with Crippen molar-refractivity contribution in [3.8, 4) is 0 Å². The lowest BCUT2D eigenvalue weighted by Crippen LogP contribution is -2.44. The van der Waals surface area contributed by atoms with Crippen LogP contribution in [0.2, 0.25) is 0 Å². The topological polar surface area (TPSA) is 26.8 Å². The van der Waals surface area contributed by atoms with Crippen LogP contribution in [-0.2, 0) is 4.79 Å². The highest BCUT2D eigenvalue weighted by Gasteiger charge is 2.32. The van der Waals surface area contributed by atoms with E-state index < -0.39 is 0 Å². The first-order chi connectivity index (χ1) is 10.1. The molecular formula is C17H25N3O. The van der Waals surface area contributed by atoms with Gasteiger partial charge in [0.15, 0.2) is 0 Å². The van der Waals surface area contributed by atoms with Gasteiger partial charge in [-0.1, -0.05) is 12.1 Å². The zero-order valence-electron chi connectivity index (χ0n) is 13.2. The van der Waals surface area contributed by atoms with Gasteiger partial charge in [-0.2, -0.15) is 0 Å². The van der Waals surface area contributed by atoms with Crippen LogP contribution in [0, 0.1) is 0 Å². The smallest absolute Gasteiger partial charge is 0.241 e. The molecule has 2 aliphatic rings. The summed E-state index contributed by atoms with van der Waals surface area (Å²) < 4.78 is 0. The molecule has 0 spiro atoms. The summed E-state index contributed by atoms with van der Waals surface area (Å²) in [7, 11) is 4.17. The standard InChI is InChI=1S/C17H25N3O/c1-13-10-11-18(2)15-6-4-5-7-16(15)20(13)17(21)12-19(3)14-8-9-14/h4-7,13-14H,8-12H2,1-3H3. The molecule has 114 valence electrons. The molecule has 0 bridgehead atoms. The van der Waals surface area contributed by atoms with Crippen LogP contribution in [0.15, 0.2) is 24.3 Å². The van der Waals surface area contributed by atoms with Crippen molar-refractivity contribution in [2.45, 2.75) is 38.3 Å². The zero-order valence-corrected chi connectivity index (χ0v) is 13.2. The lowest BCUT2D eigenvalue weighted by molar-refractivity contribution is -0.120. The molecule has 1 aliphatic heterocycles. The lowest BCUT2D eigenvalue weighted by Gasteiger charge is -2.30. The summed E-state index contributed by atoms with van der Waals surface area (Å²) in [5.41, 5.74) is 2.21. The van der Waals surface area contributed by atoms with E-state index in [1.165, 1.54) is 12.8 Å². The minimum absolute atomic E-state index is 0.222. The van der Waals surface area contributed by atoms with Crippen molar-refractivity contribution in [1.82, 2.24) is 4.90 Å². The number of hydrogen-bond acceptors (Lipinski definition) is 3. The number of amides is 1. The van der Waals surface area contributed by atoms with Gasteiger partial charge in [0.1, 0.15) is 0 Å². The summed E-state index contributed by atoms with van der Waals surface area (Å²) in [6.07, 6.45) is 3.47. The number of carbonyl (C=O) groups is 1. The minimum atomic E-state index is 0.222. The fourth-order valence-corrected chi connectivity index (χ4v) is 3.17. The first-order valence-corrected chi connectivity index (χ1v) is 7.90. The molecule has 1 heterocycles. The number of nitrogens with zero attached hydrogens (tertiary/aromatic N) is 3. The Morgan fingerprint density at radius 2 is 1.90 bits per heavy atom. The minimum Gasteiger partial charge on any atom is -0.373 e. The molecule has 21 heavy (non-hydrogen) atoms. The van der Waals surface area contributed by atoms with Gasteiger partial charge in [-0.05, 0) is 45.4 Å². The number of rotatable bonds is 3. The number of benzene rings is 1. The fourth-order valence-electron chi connectivity index (χ4n) is 3.17. The van der Waals surface area contributed by atoms with Crippen LogP contribution < -0.4 is 9.80 Å². The second kappa shape index (κ2) is 5.68. The molecular weight excluding hydrogens is 262 g/mol. The first-order valence-electron chi connectivity index (χ1n) is 7.90. The predicted octanol–water partition coefficient (Wildman–Crippen LogP) is 2.34. The second-order valence-corrected chi connectivity index (χ2v) is 6.46. The number of anilines is 2. The van der Waals surface area contributed by atoms with E-state index in [2.05, 4.69) is 43.0 Å². The molecule has 0 aromatic heterocycles. The summed E-state index contributed by atoms with van der Waals surface area (Å²) in [5, 5.41) is 0. The molecule has 1 aliphatic carbocycles. The van der Waals surface area contributed by atoms with Crippen molar-refractivity contribution in [3.63, 3.8) is 0 Å². The Kier molecular flexibility index (Phi) is 3.89. The highest BCUT2D eigenvalue weighted by atomic mass is 16.2. The van der Waals surface area contributed by atoms with Crippen LogP contribution >= 0.6 is 0 Å². The van der Waals surface area contributed by atoms with Crippen LogP contribution in [0.4, 0.5) is 11.4 Å². The van der Waals surface area contributed by atoms with Gasteiger partial charge in [0.25, 0.3) is 0 Å². The summed E-state index contributed by atoms with van der Waals surface area (Å²) in [6, 6.07) is 9.12. The molecule has 1 unspecified atom stereocenters. The lowest BCUT2D eigenvalue weighted by atomic mass is 10.1. The molecule has 3 rings (SSSR count). The highest BCUT2D eigenvalue weighted by Crippen LogP contribution is 2.34. The van der Waals surface area contributed by atoms with Crippen LogP contribution in [-0.4, -0.2) is 50.1 Å². The van der Waals surface area contributed by atoms with Crippen LogP contribution in [0.1, 0.15) is 26.2 Å². The normalized spacial score (nSPS) is 22.2. The van der Waals surface area contributed by atoms with Gasteiger partial charge < -0.3 is 9.80 Å². The molecule has 4 heteroatoms. The van der Waals surface area contributed by atoms with E-state index in [1.807, 2.05) is 17.0 Å². The van der Waals surface area contributed by atoms with Gasteiger partial charge in [-0.15, -0.1) is 0 Å². The number of carbonyl (C=O) groups excluding carboxylic acids is 1. The fraction of sp³-hybridized carbons (Fsp3) is 0.588. The quantitative estimate of drug-likeness (QED) is 0.854. The number of hydrogen-bond donors (Lipinski definition) is 0. The SMILES string of the molecule is CC1CCN(C)c2ccccc2N1C(=O)CN(C)C1CC1. The molecule has 0 radical (unpaired) electrons. The van der Waals surface area contributed by atoms with E-state index in [4.69, 9.17) is 0 Å². The number of likely N-dealkylation sites (N-methyl/N-ethyl adjacent to an activating group) is 1. The van der Waals surface area contributed by atoms with E-state index >= 15 is 0 Å². The maximum absolute atomic E-state index is 12.8. The van der Waals surface area contributed by atoms with Crippen molar-refractivity contribution >= 4 is 17.3 Å². The second-order valence-electron chi connectivity index (χ2n) is 6.46. The molecule has 1 amide bonds. The average Bonchev–Trinajstić information content (AvgIpc) is 3.29. The van der Waals surface area contributed by atoms with Crippen molar-refractivity contribution in [1.29, 1.82) is 0 Å². The van der Waals surface area contributed by atoms with E-state index in [-0.39, 0.29) is 11.9 Å². The summed E-state index contributed by atoms with van der Waals surface area (Å²) >= 11 is 0. The number of fused-ring (bicyclic) bond motifs is 1. The van der Waals surface area contributed by atoms with Crippen molar-refractivity contribution in [2.75, 3.05) is 37.0 Å². The van der Waals surface area contributed by atoms with Gasteiger partial charge in [0, 0.05) is 25.7 Å². The van der Waals surface area contributed by atoms with Crippen molar-refractivity contribution in [2.24, 2.45) is 0 Å². The van der Waals surface area contributed by atoms with Gasteiger partial charge in [0.05, 0.1) is 17.9 Å². The number of para-hydroxylation sites is 2. The molecule has 1 aromatic carbocycles. The van der Waals surface area contributed by atoms with Gasteiger partial charge >= 0.3 is 0 Å². The van der Waals surface area contributed by atoms with Gasteiger partial charge in [-0.3, -0.25) is 9.69 Å². The van der Waals surface area contributed by atoms with E-state index in [9.17, 15) is 4.79 Å². The maximum Gasteiger partial charge on any atom is 0.241 e. The van der Waals surface area contributed by atoms with Crippen LogP contribution in [0.3, 0.4) is 0 Å². The summed E-state index contributed by atoms with van der Waals surface area (Å²) in [4.78, 5) is 19.3. The van der Waals surface area contributed by atoms with E-state index in [0.717, 1.165) is 24.3 Å². The van der Waals surface area contributed by atoms with Gasteiger partial charge in [-0.25, -0.2) is 0 Å². The van der Waals surface area contributed by atoms with Crippen molar-refractivity contribution < 1.29 is 4.79 Å². The van der Waals surface area contributed by atoms with Crippen LogP contribution in [0.5, 0.6) is 0 Å². The Balaban J connectivity index is 1.87. The maximum atomic E-state index is 12.8. The first kappa shape index (κ1) is 14.4. The average molecular weight is 287 g/mol. The molecule has 0 saturated heterocycles. The third kappa shape index (κ3) is 2.91. The molecule has 1 atom stereocenters. The highest BCUT2D eigenvalue weighted by molar-refractivity contribution is 5.98. The summed E-state index contributed by atoms with van der Waals surface area (Å²) in [5.74, 6) is 0.222. The third-order valence-corrected chi connectivity index (χ3v) is 4.70. The van der Waals surface area contributed by atoms with E-state index in [0.29, 0.717) is 12.6 Å². The Morgan fingerprint density at radius 1 is 1.24 bits per heavy atom. The van der Waals surface area contributed by atoms with E-state index in [1.54, 1.807) is 0 Å². The molecule has 4 nitrogen and oxygen atoms in total. The molecule has 1 saturated carbocycles. The Bertz CT molecular complexity index is 527. The predicted molar refractivity (Wildman–Crippen MR) is 86.9 cm³/mol. The Labute approximate surface area is 127 Å². The third-order valence-electron chi connectivity index (χ3n) is 4.70. The Hall–Kier alpha value is -1.55. The molecule has 1 aromatic rings. The Morgan fingerprint density at radius 3 is 2.57 bits per heavy atom. The largest absolute Gasteiger partial charge is 0.373 e. The van der Waals surface area contributed by atoms with Gasteiger partial charge in [0.2, 0.25) is 5.91 Å². The van der Waals surface area contributed by atoms with Crippen molar-refractivity contribution in [3.05, 3.63) is 24.3 Å². The van der Waals surface area contributed by atoms with Crippen LogP contribution in [0.25, 0.3) is 0 Å². The summed E-state index contributed by atoms with van der Waals surface area (Å²) in [6.45, 7) is 3.67. The molecule has 0 N–H and O–H groups in total.